The molecule has 10 aromatic carbocycles. The minimum absolute atomic E-state index is 0.530. The van der Waals surface area contributed by atoms with Gasteiger partial charge in [0.1, 0.15) is 11.2 Å². The lowest BCUT2D eigenvalue weighted by molar-refractivity contribution is 0.669. The van der Waals surface area contributed by atoms with Gasteiger partial charge in [0.05, 0.1) is 11.0 Å². The summed E-state index contributed by atoms with van der Waals surface area (Å²) in [6, 6.07) is 81.8. The van der Waals surface area contributed by atoms with Crippen LogP contribution in [-0.4, -0.2) is 19.5 Å². The van der Waals surface area contributed by atoms with Crippen molar-refractivity contribution in [2.45, 2.75) is 13.8 Å². The van der Waals surface area contributed by atoms with Gasteiger partial charge in [0.25, 0.3) is 0 Å². The number of hydrogen-bond donors (Lipinski definition) is 0. The zero-order valence-electron chi connectivity index (χ0n) is 39.0. The Labute approximate surface area is 414 Å². The summed E-state index contributed by atoms with van der Waals surface area (Å²) >= 11 is 1.87. The van der Waals surface area contributed by atoms with Crippen LogP contribution >= 0.6 is 11.3 Å². The first-order chi connectivity index (χ1) is 35.2. The van der Waals surface area contributed by atoms with Gasteiger partial charge in [-0.15, -0.1) is 11.3 Å². The van der Waals surface area contributed by atoms with Crippen molar-refractivity contribution in [3.63, 3.8) is 0 Å². The lowest BCUT2D eigenvalue weighted by Gasteiger charge is -2.14. The summed E-state index contributed by atoms with van der Waals surface area (Å²) in [6.07, 6.45) is 0. The van der Waals surface area contributed by atoms with Gasteiger partial charge in [-0.1, -0.05) is 196 Å². The minimum atomic E-state index is 0.530. The highest BCUT2D eigenvalue weighted by Gasteiger charge is 2.22. The van der Waals surface area contributed by atoms with Crippen LogP contribution in [0.1, 0.15) is 13.8 Å². The summed E-state index contributed by atoms with van der Waals surface area (Å²) in [4.78, 5) is 15.9. The second kappa shape index (κ2) is 17.5. The summed E-state index contributed by atoms with van der Waals surface area (Å²) in [6.45, 7) is 4.00. The van der Waals surface area contributed by atoms with Gasteiger partial charge < -0.3 is 4.42 Å². The van der Waals surface area contributed by atoms with E-state index in [4.69, 9.17) is 19.4 Å². The molecule has 0 aliphatic carbocycles. The fourth-order valence-electron chi connectivity index (χ4n) is 10.2. The first kappa shape index (κ1) is 42.2. The normalized spacial score (nSPS) is 11.5. The standard InChI is InChI=1S/C63H38N4OS.C2H6/c1-3-15-39(16-4-1)43-32-34-55-54(37-43)52-27-13-25-47(44-21-11-19-41(35-44)42-20-12-22-45(36-42)48-26-14-28-53-51-24-8-10-30-58(51)69-60(48)53)59(52)67(55)63-65-61(40-17-5-2-6-18-40)64-62(66-63)46-31-33-50-49-23-7-9-29-56(49)68-57(50)38-46;1-2/h1-38H;1-2H3. The molecule has 0 aliphatic rings. The summed E-state index contributed by atoms with van der Waals surface area (Å²) in [7, 11) is 0. The molecule has 4 heterocycles. The van der Waals surface area contributed by atoms with Gasteiger partial charge in [-0.25, -0.2) is 4.98 Å². The molecule has 71 heavy (non-hydrogen) atoms. The molecule has 0 N–H and O–H groups in total. The Morgan fingerprint density at radius 1 is 0.352 bits per heavy atom. The molecule has 0 spiro atoms. The first-order valence-electron chi connectivity index (χ1n) is 24.2. The number of thiophene rings is 1. The lowest BCUT2D eigenvalue weighted by atomic mass is 9.95. The molecule has 0 fully saturated rings. The molecular formula is C65H44N4OS. The van der Waals surface area contributed by atoms with E-state index in [1.54, 1.807) is 0 Å². The quantitative estimate of drug-likeness (QED) is 0.160. The fraction of sp³-hybridized carbons (Fsp3) is 0.0308. The van der Waals surface area contributed by atoms with Crippen LogP contribution in [-0.2, 0) is 0 Å². The number of rotatable bonds is 7. The monoisotopic (exact) mass is 928 g/mol. The Morgan fingerprint density at radius 3 is 1.68 bits per heavy atom. The van der Waals surface area contributed by atoms with Crippen molar-refractivity contribution in [1.82, 2.24) is 19.5 Å². The molecule has 4 aromatic heterocycles. The maximum atomic E-state index is 6.38. The van der Waals surface area contributed by atoms with E-state index < -0.39 is 0 Å². The van der Waals surface area contributed by atoms with Crippen LogP contribution in [0.4, 0.5) is 0 Å². The molecule has 0 saturated heterocycles. The van der Waals surface area contributed by atoms with Gasteiger partial charge in [-0.3, -0.25) is 4.57 Å². The number of furan rings is 1. The van der Waals surface area contributed by atoms with Crippen LogP contribution < -0.4 is 0 Å². The van der Waals surface area contributed by atoms with E-state index in [2.05, 4.69) is 199 Å². The Hall–Kier alpha value is -8.97. The number of aromatic nitrogens is 4. The molecule has 0 atom stereocenters. The average molecular weight is 929 g/mol. The molecule has 0 aliphatic heterocycles. The molecule has 0 unspecified atom stereocenters. The highest BCUT2D eigenvalue weighted by Crippen LogP contribution is 2.43. The van der Waals surface area contributed by atoms with Crippen molar-refractivity contribution in [2.75, 3.05) is 0 Å². The molecule has 14 aromatic rings. The van der Waals surface area contributed by atoms with E-state index >= 15 is 0 Å². The van der Waals surface area contributed by atoms with Crippen molar-refractivity contribution in [3.8, 4) is 73.2 Å². The Bertz CT molecular complexity index is 4320. The van der Waals surface area contributed by atoms with Gasteiger partial charge in [0.2, 0.25) is 5.95 Å². The van der Waals surface area contributed by atoms with Crippen molar-refractivity contribution in [1.29, 1.82) is 0 Å². The Kier molecular flexibility index (Phi) is 10.4. The van der Waals surface area contributed by atoms with E-state index in [0.717, 1.165) is 88.3 Å². The highest BCUT2D eigenvalue weighted by molar-refractivity contribution is 7.26. The molecule has 0 saturated carbocycles. The maximum Gasteiger partial charge on any atom is 0.238 e. The van der Waals surface area contributed by atoms with E-state index in [-0.39, 0.29) is 0 Å². The SMILES string of the molecule is CC.c1ccc(-c2ccc3c(c2)c2cccc(-c4cccc(-c5cccc(-c6cccc7c6sc6ccccc67)c5)c4)c2n3-c2nc(-c3ccccc3)nc(-c3ccc4c(c3)oc3ccccc34)n2)cc1. The molecule has 14 rings (SSSR count). The summed E-state index contributed by atoms with van der Waals surface area (Å²) in [5.74, 6) is 1.67. The van der Waals surface area contributed by atoms with E-state index in [1.165, 1.54) is 31.3 Å². The lowest BCUT2D eigenvalue weighted by Crippen LogP contribution is -2.07. The van der Waals surface area contributed by atoms with E-state index in [1.807, 2.05) is 61.6 Å². The third-order valence-electron chi connectivity index (χ3n) is 13.5. The first-order valence-corrected chi connectivity index (χ1v) is 25.0. The fourth-order valence-corrected chi connectivity index (χ4v) is 11.4. The molecule has 336 valence electrons. The van der Waals surface area contributed by atoms with E-state index in [0.29, 0.717) is 17.6 Å². The van der Waals surface area contributed by atoms with Crippen LogP contribution in [0.25, 0.3) is 137 Å². The highest BCUT2D eigenvalue weighted by atomic mass is 32.1. The molecule has 0 bridgehead atoms. The predicted molar refractivity (Wildman–Crippen MR) is 298 cm³/mol. The van der Waals surface area contributed by atoms with Crippen LogP contribution in [0.2, 0.25) is 0 Å². The average Bonchev–Trinajstić information content (AvgIpc) is 4.13. The summed E-state index contributed by atoms with van der Waals surface area (Å²) < 4.78 is 11.2. The number of fused-ring (bicyclic) bond motifs is 9. The van der Waals surface area contributed by atoms with Crippen LogP contribution in [0.3, 0.4) is 0 Å². The number of nitrogens with zero attached hydrogens (tertiary/aromatic N) is 4. The topological polar surface area (TPSA) is 56.7 Å². The second-order valence-corrected chi connectivity index (χ2v) is 18.6. The van der Waals surface area contributed by atoms with Crippen molar-refractivity contribution in [3.05, 3.63) is 231 Å². The van der Waals surface area contributed by atoms with Gasteiger partial charge >= 0.3 is 0 Å². The second-order valence-electron chi connectivity index (χ2n) is 17.5. The van der Waals surface area contributed by atoms with Gasteiger partial charge in [-0.05, 0) is 87.5 Å². The maximum absolute atomic E-state index is 6.38. The third-order valence-corrected chi connectivity index (χ3v) is 14.7. The van der Waals surface area contributed by atoms with Gasteiger partial charge in [0, 0.05) is 58.4 Å². The van der Waals surface area contributed by atoms with Crippen LogP contribution in [0, 0.1) is 0 Å². The smallest absolute Gasteiger partial charge is 0.238 e. The largest absolute Gasteiger partial charge is 0.456 e. The van der Waals surface area contributed by atoms with Gasteiger partial charge in [0.15, 0.2) is 11.6 Å². The van der Waals surface area contributed by atoms with Crippen LogP contribution in [0.15, 0.2) is 235 Å². The molecule has 5 nitrogen and oxygen atoms in total. The molecular weight excluding hydrogens is 885 g/mol. The number of hydrogen-bond acceptors (Lipinski definition) is 5. The van der Waals surface area contributed by atoms with Crippen molar-refractivity contribution >= 4 is 75.3 Å². The molecule has 0 radical (unpaired) electrons. The minimum Gasteiger partial charge on any atom is -0.456 e. The Morgan fingerprint density at radius 2 is 0.901 bits per heavy atom. The van der Waals surface area contributed by atoms with Crippen molar-refractivity contribution in [2.24, 2.45) is 0 Å². The number of para-hydroxylation sites is 2. The predicted octanol–water partition coefficient (Wildman–Crippen LogP) is 18.3. The zero-order chi connectivity index (χ0) is 47.4. The summed E-state index contributed by atoms with van der Waals surface area (Å²) in [5.41, 5.74) is 14.6. The molecule has 0 amide bonds. The van der Waals surface area contributed by atoms with Gasteiger partial charge in [-0.2, -0.15) is 9.97 Å². The molecule has 6 heteroatoms. The van der Waals surface area contributed by atoms with Crippen molar-refractivity contribution < 1.29 is 4.42 Å². The Balaban J connectivity index is 0.00000243. The van der Waals surface area contributed by atoms with E-state index in [9.17, 15) is 0 Å². The van der Waals surface area contributed by atoms with Crippen LogP contribution in [0.5, 0.6) is 0 Å². The number of benzene rings is 10. The zero-order valence-corrected chi connectivity index (χ0v) is 39.9. The third kappa shape index (κ3) is 7.27. The summed E-state index contributed by atoms with van der Waals surface area (Å²) in [5, 5.41) is 6.95.